The monoisotopic (exact) mass is 281 g/mol. The van der Waals surface area contributed by atoms with Crippen molar-refractivity contribution >= 4 is 11.9 Å². The molecule has 1 aromatic carbocycles. The van der Waals surface area contributed by atoms with Crippen LogP contribution < -0.4 is 5.32 Å². The van der Waals surface area contributed by atoms with Crippen molar-refractivity contribution < 1.29 is 23.8 Å². The number of carboxylic acid groups (broad SMARTS) is 1. The van der Waals surface area contributed by atoms with Crippen LogP contribution in [0, 0.1) is 12.7 Å². The van der Waals surface area contributed by atoms with E-state index >= 15 is 0 Å². The van der Waals surface area contributed by atoms with Gasteiger partial charge < -0.3 is 15.2 Å². The first kappa shape index (κ1) is 14.5. The largest absolute Gasteiger partial charge is 0.479 e. The Kier molecular flexibility index (Phi) is 4.34. The molecule has 5 nitrogen and oxygen atoms in total. The minimum Gasteiger partial charge on any atom is -0.479 e. The number of aryl methyl sites for hydroxylation is 1. The van der Waals surface area contributed by atoms with Gasteiger partial charge in [-0.1, -0.05) is 0 Å². The second-order valence-electron chi connectivity index (χ2n) is 4.84. The van der Waals surface area contributed by atoms with E-state index in [2.05, 4.69) is 5.32 Å². The van der Waals surface area contributed by atoms with Crippen molar-refractivity contribution in [1.29, 1.82) is 0 Å². The number of carbonyl (C=O) groups is 2. The number of amides is 1. The number of hydrogen-bond acceptors (Lipinski definition) is 3. The van der Waals surface area contributed by atoms with Crippen molar-refractivity contribution in [3.8, 4) is 0 Å². The molecule has 0 aromatic heterocycles. The van der Waals surface area contributed by atoms with Gasteiger partial charge in [-0.3, -0.25) is 4.79 Å². The summed E-state index contributed by atoms with van der Waals surface area (Å²) in [5.41, 5.74) is 0.775. The van der Waals surface area contributed by atoms with Crippen molar-refractivity contribution in [2.24, 2.45) is 0 Å². The summed E-state index contributed by atoms with van der Waals surface area (Å²) in [4.78, 5) is 22.6. The fraction of sp³-hybridized carbons (Fsp3) is 0.429. The Bertz CT molecular complexity index is 532. The highest BCUT2D eigenvalue weighted by atomic mass is 19.1. The molecule has 2 rings (SSSR count). The second kappa shape index (κ2) is 6.00. The predicted octanol–water partition coefficient (Wildman–Crippen LogP) is 1.50. The van der Waals surface area contributed by atoms with Gasteiger partial charge in [0.05, 0.1) is 6.10 Å². The second-order valence-corrected chi connectivity index (χ2v) is 4.84. The zero-order valence-corrected chi connectivity index (χ0v) is 11.1. The number of aliphatic carboxylic acids is 1. The molecule has 1 aliphatic heterocycles. The molecule has 1 aliphatic rings. The molecule has 1 saturated heterocycles. The van der Waals surface area contributed by atoms with Crippen LogP contribution in [0.3, 0.4) is 0 Å². The normalized spacial score (nSPS) is 21.7. The van der Waals surface area contributed by atoms with E-state index in [0.717, 1.165) is 0 Å². The van der Waals surface area contributed by atoms with Crippen molar-refractivity contribution in [2.75, 3.05) is 6.54 Å². The summed E-state index contributed by atoms with van der Waals surface area (Å²) >= 11 is 0. The van der Waals surface area contributed by atoms with E-state index in [-0.39, 0.29) is 24.4 Å². The van der Waals surface area contributed by atoms with Crippen molar-refractivity contribution in [2.45, 2.75) is 32.0 Å². The number of nitrogens with one attached hydrogen (secondary N) is 1. The summed E-state index contributed by atoms with van der Waals surface area (Å²) in [5, 5.41) is 11.5. The molecule has 1 amide bonds. The Hall–Kier alpha value is -1.95. The van der Waals surface area contributed by atoms with Crippen LogP contribution in [-0.4, -0.2) is 35.7 Å². The first-order valence-corrected chi connectivity index (χ1v) is 6.40. The minimum atomic E-state index is -0.979. The van der Waals surface area contributed by atoms with Gasteiger partial charge in [0.2, 0.25) is 0 Å². The maximum Gasteiger partial charge on any atom is 0.332 e. The molecular formula is C14H16FNO4. The minimum absolute atomic E-state index is 0.249. The van der Waals surface area contributed by atoms with E-state index in [1.165, 1.54) is 18.2 Å². The van der Waals surface area contributed by atoms with Crippen LogP contribution in [0.2, 0.25) is 0 Å². The third kappa shape index (κ3) is 3.33. The zero-order valence-electron chi connectivity index (χ0n) is 11.1. The average Bonchev–Trinajstić information content (AvgIpc) is 2.88. The van der Waals surface area contributed by atoms with Crippen LogP contribution in [-0.2, 0) is 9.53 Å². The molecule has 2 unspecified atom stereocenters. The molecule has 1 heterocycles. The van der Waals surface area contributed by atoms with Gasteiger partial charge in [0.15, 0.2) is 6.10 Å². The van der Waals surface area contributed by atoms with Gasteiger partial charge in [0.1, 0.15) is 5.82 Å². The average molecular weight is 281 g/mol. The van der Waals surface area contributed by atoms with E-state index in [9.17, 15) is 14.0 Å². The Morgan fingerprint density at radius 2 is 2.20 bits per heavy atom. The molecule has 20 heavy (non-hydrogen) atoms. The van der Waals surface area contributed by atoms with Gasteiger partial charge in [0, 0.05) is 12.1 Å². The smallest absolute Gasteiger partial charge is 0.332 e. The summed E-state index contributed by atoms with van der Waals surface area (Å²) in [6.45, 7) is 1.84. The number of halogens is 1. The number of benzene rings is 1. The summed E-state index contributed by atoms with van der Waals surface area (Å²) in [6.07, 6.45) is -0.0304. The molecule has 0 saturated carbocycles. The summed E-state index contributed by atoms with van der Waals surface area (Å²) in [6, 6.07) is 4.13. The molecule has 2 atom stereocenters. The first-order valence-electron chi connectivity index (χ1n) is 6.40. The lowest BCUT2D eigenvalue weighted by Gasteiger charge is -2.12. The van der Waals surface area contributed by atoms with Crippen molar-refractivity contribution in [3.63, 3.8) is 0 Å². The third-order valence-corrected chi connectivity index (χ3v) is 3.29. The topological polar surface area (TPSA) is 75.6 Å². The summed E-state index contributed by atoms with van der Waals surface area (Å²) < 4.78 is 18.4. The van der Waals surface area contributed by atoms with Gasteiger partial charge >= 0.3 is 5.97 Å². The van der Waals surface area contributed by atoms with Gasteiger partial charge in [-0.15, -0.1) is 0 Å². The molecule has 1 aromatic rings. The zero-order chi connectivity index (χ0) is 14.7. The molecule has 0 aliphatic carbocycles. The molecule has 108 valence electrons. The Labute approximate surface area is 115 Å². The Morgan fingerprint density at radius 1 is 1.45 bits per heavy atom. The van der Waals surface area contributed by atoms with Crippen LogP contribution in [0.5, 0.6) is 0 Å². The van der Waals surface area contributed by atoms with E-state index in [4.69, 9.17) is 9.84 Å². The van der Waals surface area contributed by atoms with Gasteiger partial charge in [-0.05, 0) is 43.5 Å². The Morgan fingerprint density at radius 3 is 2.80 bits per heavy atom. The van der Waals surface area contributed by atoms with E-state index < -0.39 is 12.1 Å². The Balaban J connectivity index is 1.86. The highest BCUT2D eigenvalue weighted by Gasteiger charge is 2.30. The van der Waals surface area contributed by atoms with Gasteiger partial charge in [-0.2, -0.15) is 0 Å². The van der Waals surface area contributed by atoms with Crippen LogP contribution in [0.4, 0.5) is 4.39 Å². The highest BCUT2D eigenvalue weighted by molar-refractivity contribution is 5.94. The molecule has 6 heteroatoms. The van der Waals surface area contributed by atoms with Crippen LogP contribution in [0.15, 0.2) is 18.2 Å². The third-order valence-electron chi connectivity index (χ3n) is 3.29. The lowest BCUT2D eigenvalue weighted by atomic mass is 10.1. The van der Waals surface area contributed by atoms with Gasteiger partial charge in [0.25, 0.3) is 5.91 Å². The number of carboxylic acids is 1. The molecule has 0 radical (unpaired) electrons. The van der Waals surface area contributed by atoms with E-state index in [1.807, 2.05) is 0 Å². The van der Waals surface area contributed by atoms with Crippen molar-refractivity contribution in [3.05, 3.63) is 35.1 Å². The van der Waals surface area contributed by atoms with Crippen LogP contribution in [0.25, 0.3) is 0 Å². The highest BCUT2D eigenvalue weighted by Crippen LogP contribution is 2.19. The SMILES string of the molecule is Cc1cc(C(=O)NCC2CCC(C(=O)O)O2)ccc1F. The lowest BCUT2D eigenvalue weighted by Crippen LogP contribution is -2.33. The predicted molar refractivity (Wildman–Crippen MR) is 69.0 cm³/mol. The van der Waals surface area contributed by atoms with E-state index in [0.29, 0.717) is 24.0 Å². The van der Waals surface area contributed by atoms with Gasteiger partial charge in [-0.25, -0.2) is 9.18 Å². The number of rotatable bonds is 4. The molecule has 2 N–H and O–H groups in total. The maximum absolute atomic E-state index is 13.1. The summed E-state index contributed by atoms with van der Waals surface area (Å²) in [7, 11) is 0. The van der Waals surface area contributed by atoms with E-state index in [1.54, 1.807) is 6.92 Å². The fourth-order valence-electron chi connectivity index (χ4n) is 2.13. The first-order chi connectivity index (χ1) is 9.47. The molecule has 1 fully saturated rings. The number of ether oxygens (including phenoxy) is 1. The maximum atomic E-state index is 13.1. The molecule has 0 spiro atoms. The number of carbonyl (C=O) groups excluding carboxylic acids is 1. The number of hydrogen-bond donors (Lipinski definition) is 2. The molecular weight excluding hydrogens is 265 g/mol. The molecule has 0 bridgehead atoms. The lowest BCUT2D eigenvalue weighted by molar-refractivity contribution is -0.149. The fourth-order valence-corrected chi connectivity index (χ4v) is 2.13. The van der Waals surface area contributed by atoms with Crippen LogP contribution >= 0.6 is 0 Å². The quantitative estimate of drug-likeness (QED) is 0.877. The van der Waals surface area contributed by atoms with Crippen molar-refractivity contribution in [1.82, 2.24) is 5.32 Å². The standard InChI is InChI=1S/C14H16FNO4/c1-8-6-9(2-4-11(8)15)13(17)16-7-10-3-5-12(20-10)14(18)19/h2,4,6,10,12H,3,5,7H2,1H3,(H,16,17)(H,18,19). The summed E-state index contributed by atoms with van der Waals surface area (Å²) in [5.74, 6) is -1.66. The van der Waals surface area contributed by atoms with Crippen LogP contribution in [0.1, 0.15) is 28.8 Å².